The summed E-state index contributed by atoms with van der Waals surface area (Å²) in [6.07, 6.45) is -1.67. The number of aliphatic hydroxyl groups is 1. The second-order valence-electron chi connectivity index (χ2n) is 3.91. The van der Waals surface area contributed by atoms with Crippen LogP contribution in [-0.2, 0) is 0 Å². The van der Waals surface area contributed by atoms with Gasteiger partial charge in [-0.15, -0.1) is 0 Å². The fraction of sp³-hybridized carbons (Fsp3) is 0.250. The van der Waals surface area contributed by atoms with Crippen LogP contribution in [0.25, 0.3) is 0 Å². The monoisotopic (exact) mass is 266 g/mol. The number of carbonyl (C=O) groups is 1. The van der Waals surface area contributed by atoms with Gasteiger partial charge in [0, 0.05) is 4.92 Å². The van der Waals surface area contributed by atoms with Gasteiger partial charge in [-0.1, -0.05) is 18.2 Å². The lowest BCUT2D eigenvalue weighted by Crippen LogP contribution is -2.38. The van der Waals surface area contributed by atoms with Crippen molar-refractivity contribution in [3.63, 3.8) is 0 Å². The minimum absolute atomic E-state index is 0.277. The fourth-order valence-corrected chi connectivity index (χ4v) is 1.55. The normalized spacial score (nSPS) is 12.8. The first-order valence-corrected chi connectivity index (χ1v) is 5.46. The Morgan fingerprint density at radius 2 is 2.05 bits per heavy atom. The number of aliphatic hydroxyl groups excluding tert-OH is 1. The Morgan fingerprint density at radius 3 is 2.53 bits per heavy atom. The first-order chi connectivity index (χ1) is 8.91. The van der Waals surface area contributed by atoms with E-state index in [1.807, 2.05) is 0 Å². The molecule has 2 N–H and O–H groups in total. The van der Waals surface area contributed by atoms with Crippen molar-refractivity contribution in [3.8, 4) is 0 Å². The molecule has 0 saturated heterocycles. The van der Waals surface area contributed by atoms with Crippen LogP contribution in [-0.4, -0.2) is 34.0 Å². The third-order valence-corrected chi connectivity index (χ3v) is 2.32. The van der Waals surface area contributed by atoms with Crippen molar-refractivity contribution in [2.45, 2.75) is 13.2 Å². The lowest BCUT2D eigenvalue weighted by molar-refractivity contribution is -0.470. The smallest absolute Gasteiger partial charge is 0.414 e. The van der Waals surface area contributed by atoms with Crippen LogP contribution in [0.4, 0.5) is 10.5 Å². The van der Waals surface area contributed by atoms with Gasteiger partial charge in [0.25, 0.3) is 0 Å². The van der Waals surface area contributed by atoms with Crippen LogP contribution in [0.5, 0.6) is 0 Å². The predicted octanol–water partition coefficient (Wildman–Crippen LogP) is 1.71. The minimum Gasteiger partial charge on any atom is -0.465 e. The van der Waals surface area contributed by atoms with Crippen molar-refractivity contribution in [2.24, 2.45) is 0 Å². The summed E-state index contributed by atoms with van der Waals surface area (Å²) in [5.41, 5.74) is 0.562. The number of benzene rings is 1. The van der Waals surface area contributed by atoms with E-state index in [0.29, 0.717) is 0 Å². The molecule has 7 heteroatoms. The van der Waals surface area contributed by atoms with E-state index in [-0.39, 0.29) is 11.3 Å². The van der Waals surface area contributed by atoms with Crippen LogP contribution in [0.2, 0.25) is 0 Å². The molecule has 0 saturated carbocycles. The zero-order valence-electron chi connectivity index (χ0n) is 10.3. The zero-order chi connectivity index (χ0) is 14.4. The third kappa shape index (κ3) is 4.40. The predicted molar refractivity (Wildman–Crippen MR) is 68.6 cm³/mol. The van der Waals surface area contributed by atoms with E-state index in [2.05, 4.69) is 0 Å². The summed E-state index contributed by atoms with van der Waals surface area (Å²) in [6.45, 7) is 1.01. The standard InChI is InChI=1S/C12H14N2O5/c1-9(8-13(18)19)7-11(15)14(12(16)17)10-5-3-2-4-6-10/h2-7,11,15H,8H2,1H3,(H,16,17). The number of anilines is 1. The van der Waals surface area contributed by atoms with Crippen molar-refractivity contribution in [1.82, 2.24) is 0 Å². The van der Waals surface area contributed by atoms with Gasteiger partial charge in [-0.3, -0.25) is 10.1 Å². The van der Waals surface area contributed by atoms with Crippen molar-refractivity contribution in [1.29, 1.82) is 0 Å². The van der Waals surface area contributed by atoms with Crippen LogP contribution in [0.1, 0.15) is 6.92 Å². The number of hydrogen-bond donors (Lipinski definition) is 2. The molecule has 0 aliphatic rings. The number of para-hydroxylation sites is 1. The van der Waals surface area contributed by atoms with Gasteiger partial charge < -0.3 is 10.2 Å². The molecule has 0 bridgehead atoms. The number of nitro groups is 1. The molecule has 0 aliphatic heterocycles. The number of nitrogens with zero attached hydrogens (tertiary/aromatic N) is 2. The number of amides is 1. The minimum atomic E-state index is -1.47. The summed E-state index contributed by atoms with van der Waals surface area (Å²) in [5.74, 6) is 0. The highest BCUT2D eigenvalue weighted by molar-refractivity contribution is 5.86. The molecule has 19 heavy (non-hydrogen) atoms. The summed E-state index contributed by atoms with van der Waals surface area (Å²) in [7, 11) is 0. The van der Waals surface area contributed by atoms with Crippen LogP contribution >= 0.6 is 0 Å². The largest absolute Gasteiger partial charge is 0.465 e. The molecule has 1 unspecified atom stereocenters. The van der Waals surface area contributed by atoms with Gasteiger partial charge in [0.1, 0.15) is 0 Å². The Labute approximate surface area is 109 Å². The van der Waals surface area contributed by atoms with Crippen LogP contribution in [0, 0.1) is 10.1 Å². The summed E-state index contributed by atoms with van der Waals surface area (Å²) < 4.78 is 0. The molecule has 102 valence electrons. The Hall–Kier alpha value is -2.41. The first kappa shape index (κ1) is 14.7. The molecular weight excluding hydrogens is 252 g/mol. The summed E-state index contributed by atoms with van der Waals surface area (Å²) >= 11 is 0. The quantitative estimate of drug-likeness (QED) is 0.365. The first-order valence-electron chi connectivity index (χ1n) is 5.46. The Bertz CT molecular complexity index is 486. The molecule has 1 rings (SSSR count). The maximum absolute atomic E-state index is 11.1. The van der Waals surface area contributed by atoms with Crippen molar-refractivity contribution < 1.29 is 19.9 Å². The molecule has 0 fully saturated rings. The van der Waals surface area contributed by atoms with Gasteiger partial charge in [0.05, 0.1) is 5.69 Å². The molecule has 1 aromatic carbocycles. The summed E-state index contributed by atoms with van der Waals surface area (Å²) in [4.78, 5) is 21.6. The molecule has 1 aromatic rings. The second-order valence-corrected chi connectivity index (χ2v) is 3.91. The average Bonchev–Trinajstić information content (AvgIpc) is 2.28. The van der Waals surface area contributed by atoms with Gasteiger partial charge in [-0.05, 0) is 30.7 Å². The SMILES string of the molecule is CC(=CC(O)N(C(=O)O)c1ccccc1)C[N+](=O)[O-]. The third-order valence-electron chi connectivity index (χ3n) is 2.32. The maximum Gasteiger partial charge on any atom is 0.414 e. The van der Waals surface area contributed by atoms with Gasteiger partial charge in [0.15, 0.2) is 6.23 Å². The Balaban J connectivity index is 2.95. The lowest BCUT2D eigenvalue weighted by atomic mass is 10.2. The average molecular weight is 266 g/mol. The van der Waals surface area contributed by atoms with E-state index in [4.69, 9.17) is 5.11 Å². The van der Waals surface area contributed by atoms with Crippen LogP contribution < -0.4 is 4.90 Å². The molecule has 0 aliphatic carbocycles. The highest BCUT2D eigenvalue weighted by atomic mass is 16.6. The van der Waals surface area contributed by atoms with E-state index >= 15 is 0 Å². The summed E-state index contributed by atoms with van der Waals surface area (Å²) in [6, 6.07) is 8.02. The number of rotatable bonds is 5. The van der Waals surface area contributed by atoms with E-state index in [9.17, 15) is 20.0 Å². The van der Waals surface area contributed by atoms with E-state index in [1.165, 1.54) is 19.1 Å². The fourth-order valence-electron chi connectivity index (χ4n) is 1.55. The number of carboxylic acid groups (broad SMARTS) is 1. The van der Waals surface area contributed by atoms with Crippen molar-refractivity contribution >= 4 is 11.8 Å². The van der Waals surface area contributed by atoms with Crippen molar-refractivity contribution in [3.05, 3.63) is 52.1 Å². The van der Waals surface area contributed by atoms with E-state index in [1.54, 1.807) is 18.2 Å². The van der Waals surface area contributed by atoms with Crippen molar-refractivity contribution in [2.75, 3.05) is 11.4 Å². The molecule has 0 spiro atoms. The Morgan fingerprint density at radius 1 is 1.47 bits per heavy atom. The molecule has 1 atom stereocenters. The Kier molecular flexibility index (Phi) is 5.01. The van der Waals surface area contributed by atoms with Gasteiger partial charge >= 0.3 is 6.09 Å². The molecule has 0 heterocycles. The topological polar surface area (TPSA) is 104 Å². The van der Waals surface area contributed by atoms with Gasteiger partial charge in [-0.2, -0.15) is 0 Å². The molecule has 7 nitrogen and oxygen atoms in total. The summed E-state index contributed by atoms with van der Waals surface area (Å²) in [5, 5.41) is 29.3. The maximum atomic E-state index is 11.1. The highest BCUT2D eigenvalue weighted by Gasteiger charge is 2.21. The number of hydrogen-bond acceptors (Lipinski definition) is 4. The van der Waals surface area contributed by atoms with Crippen LogP contribution in [0.3, 0.4) is 0 Å². The van der Waals surface area contributed by atoms with Gasteiger partial charge in [0.2, 0.25) is 6.54 Å². The molecule has 1 amide bonds. The zero-order valence-corrected chi connectivity index (χ0v) is 10.3. The lowest BCUT2D eigenvalue weighted by Gasteiger charge is -2.23. The van der Waals surface area contributed by atoms with E-state index < -0.39 is 23.8 Å². The van der Waals surface area contributed by atoms with E-state index in [0.717, 1.165) is 11.0 Å². The molecule has 0 radical (unpaired) electrons. The van der Waals surface area contributed by atoms with Crippen LogP contribution in [0.15, 0.2) is 42.0 Å². The molecule has 0 aromatic heterocycles. The second kappa shape index (κ2) is 6.50. The van der Waals surface area contributed by atoms with Gasteiger partial charge in [-0.25, -0.2) is 9.69 Å². The molecular formula is C12H14N2O5. The highest BCUT2D eigenvalue weighted by Crippen LogP contribution is 2.17.